The van der Waals surface area contributed by atoms with Gasteiger partial charge in [0.05, 0.1) is 19.3 Å². The highest BCUT2D eigenvalue weighted by Crippen LogP contribution is 2.10. The molecule has 2 rings (SSSR count). The van der Waals surface area contributed by atoms with E-state index >= 15 is 0 Å². The van der Waals surface area contributed by atoms with Crippen LogP contribution in [0.25, 0.3) is 6.08 Å². The zero-order valence-corrected chi connectivity index (χ0v) is 13.7. The quantitative estimate of drug-likeness (QED) is 0.444. The summed E-state index contributed by atoms with van der Waals surface area (Å²) in [5.74, 6) is -0.669. The number of benzene rings is 1. The molecular formula is C18H19N3O3. The van der Waals surface area contributed by atoms with Crippen molar-refractivity contribution in [2.45, 2.75) is 19.6 Å². The zero-order valence-electron chi connectivity index (χ0n) is 13.7. The Kier molecular flexibility index (Phi) is 6.29. The van der Waals surface area contributed by atoms with Crippen molar-refractivity contribution in [2.75, 3.05) is 13.7 Å². The predicted octanol–water partition coefficient (Wildman–Crippen LogP) is 2.42. The van der Waals surface area contributed by atoms with Gasteiger partial charge in [-0.05, 0) is 18.6 Å². The number of esters is 1. The number of hydrogen-bond donors (Lipinski definition) is 0. The van der Waals surface area contributed by atoms with Gasteiger partial charge in [-0.2, -0.15) is 10.4 Å². The van der Waals surface area contributed by atoms with Crippen molar-refractivity contribution >= 4 is 12.0 Å². The highest BCUT2D eigenvalue weighted by Gasteiger charge is 2.15. The SMILES string of the molecule is COC[C@H](C)OC(=O)/C(C#N)=C/c1cnn(Cc2ccccc2)c1. The van der Waals surface area contributed by atoms with E-state index in [0.29, 0.717) is 12.1 Å². The van der Waals surface area contributed by atoms with Crippen LogP contribution in [0.4, 0.5) is 0 Å². The molecule has 24 heavy (non-hydrogen) atoms. The summed E-state index contributed by atoms with van der Waals surface area (Å²) in [7, 11) is 1.52. The van der Waals surface area contributed by atoms with Crippen LogP contribution >= 0.6 is 0 Å². The van der Waals surface area contributed by atoms with E-state index in [1.54, 1.807) is 24.0 Å². The van der Waals surface area contributed by atoms with Crippen LogP contribution in [0.15, 0.2) is 48.3 Å². The van der Waals surface area contributed by atoms with Crippen molar-refractivity contribution < 1.29 is 14.3 Å². The molecule has 1 atom stereocenters. The van der Waals surface area contributed by atoms with E-state index in [1.165, 1.54) is 13.2 Å². The van der Waals surface area contributed by atoms with Gasteiger partial charge in [-0.25, -0.2) is 4.79 Å². The first kappa shape index (κ1) is 17.4. The number of hydrogen-bond acceptors (Lipinski definition) is 5. The maximum atomic E-state index is 12.0. The van der Waals surface area contributed by atoms with Gasteiger partial charge in [0.15, 0.2) is 0 Å². The lowest BCUT2D eigenvalue weighted by Gasteiger charge is -2.11. The Morgan fingerprint density at radius 3 is 2.83 bits per heavy atom. The Morgan fingerprint density at radius 1 is 1.42 bits per heavy atom. The van der Waals surface area contributed by atoms with E-state index in [0.717, 1.165) is 5.56 Å². The molecule has 0 saturated carbocycles. The summed E-state index contributed by atoms with van der Waals surface area (Å²) in [6, 6.07) is 11.8. The van der Waals surface area contributed by atoms with Gasteiger partial charge in [0.25, 0.3) is 0 Å². The van der Waals surface area contributed by atoms with Crippen molar-refractivity contribution in [3.05, 3.63) is 59.4 Å². The molecule has 124 valence electrons. The predicted molar refractivity (Wildman–Crippen MR) is 88.8 cm³/mol. The Balaban J connectivity index is 2.06. The molecule has 1 heterocycles. The first-order chi connectivity index (χ1) is 11.6. The second-order valence-corrected chi connectivity index (χ2v) is 5.30. The molecule has 1 aromatic carbocycles. The molecule has 1 aromatic heterocycles. The second-order valence-electron chi connectivity index (χ2n) is 5.30. The van der Waals surface area contributed by atoms with Crippen LogP contribution in [0.5, 0.6) is 0 Å². The second kappa shape index (κ2) is 8.65. The molecule has 0 amide bonds. The highest BCUT2D eigenvalue weighted by molar-refractivity contribution is 5.97. The smallest absolute Gasteiger partial charge is 0.349 e. The number of ether oxygens (including phenoxy) is 2. The van der Waals surface area contributed by atoms with Gasteiger partial charge in [-0.15, -0.1) is 0 Å². The minimum Gasteiger partial charge on any atom is -0.456 e. The maximum Gasteiger partial charge on any atom is 0.349 e. The van der Waals surface area contributed by atoms with Gasteiger partial charge in [-0.1, -0.05) is 30.3 Å². The highest BCUT2D eigenvalue weighted by atomic mass is 16.6. The van der Waals surface area contributed by atoms with Crippen molar-refractivity contribution in [1.82, 2.24) is 9.78 Å². The minimum absolute atomic E-state index is 0.0720. The average Bonchev–Trinajstić information content (AvgIpc) is 3.00. The van der Waals surface area contributed by atoms with E-state index in [9.17, 15) is 4.79 Å². The minimum atomic E-state index is -0.669. The molecule has 2 aromatic rings. The number of carbonyl (C=O) groups excluding carboxylic acids is 1. The summed E-state index contributed by atoms with van der Waals surface area (Å²) in [4.78, 5) is 12.0. The van der Waals surface area contributed by atoms with Crippen LogP contribution in [-0.2, 0) is 20.8 Å². The summed E-state index contributed by atoms with van der Waals surface area (Å²) < 4.78 is 11.8. The summed E-state index contributed by atoms with van der Waals surface area (Å²) in [6.07, 6.45) is 4.43. The summed E-state index contributed by atoms with van der Waals surface area (Å²) in [6.45, 7) is 2.60. The molecule has 0 spiro atoms. The average molecular weight is 325 g/mol. The lowest BCUT2D eigenvalue weighted by molar-refractivity contribution is -0.145. The fourth-order valence-electron chi connectivity index (χ4n) is 2.13. The van der Waals surface area contributed by atoms with Crippen LogP contribution in [-0.4, -0.2) is 35.6 Å². The molecular weight excluding hydrogens is 306 g/mol. The first-order valence-corrected chi connectivity index (χ1v) is 7.50. The molecule has 6 nitrogen and oxygen atoms in total. The van der Waals surface area contributed by atoms with E-state index in [4.69, 9.17) is 14.7 Å². The number of nitrogens with zero attached hydrogens (tertiary/aromatic N) is 3. The number of methoxy groups -OCH3 is 1. The summed E-state index contributed by atoms with van der Waals surface area (Å²) in [5, 5.41) is 13.4. The van der Waals surface area contributed by atoms with E-state index in [1.807, 2.05) is 36.4 Å². The standard InChI is InChI=1S/C18H19N3O3/c1-14(13-23-2)24-18(22)17(9-19)8-16-10-20-21(12-16)11-15-6-4-3-5-7-15/h3-8,10,12,14H,11,13H2,1-2H3/b17-8+/t14-/m0/s1. The Hall–Kier alpha value is -2.91. The van der Waals surface area contributed by atoms with Gasteiger partial charge in [0, 0.05) is 18.9 Å². The fraction of sp³-hybridized carbons (Fsp3) is 0.278. The summed E-state index contributed by atoms with van der Waals surface area (Å²) >= 11 is 0. The molecule has 0 bridgehead atoms. The van der Waals surface area contributed by atoms with Gasteiger partial charge in [-0.3, -0.25) is 4.68 Å². The van der Waals surface area contributed by atoms with Crippen LogP contribution in [0.1, 0.15) is 18.1 Å². The lowest BCUT2D eigenvalue weighted by Crippen LogP contribution is -2.20. The fourth-order valence-corrected chi connectivity index (χ4v) is 2.13. The number of aromatic nitrogens is 2. The van der Waals surface area contributed by atoms with Crippen molar-refractivity contribution in [1.29, 1.82) is 5.26 Å². The van der Waals surface area contributed by atoms with E-state index in [-0.39, 0.29) is 12.2 Å². The van der Waals surface area contributed by atoms with Gasteiger partial charge < -0.3 is 9.47 Å². The van der Waals surface area contributed by atoms with Crippen molar-refractivity contribution in [3.63, 3.8) is 0 Å². The molecule has 0 aliphatic heterocycles. The summed E-state index contributed by atoms with van der Waals surface area (Å²) in [5.41, 5.74) is 1.71. The van der Waals surface area contributed by atoms with Gasteiger partial charge >= 0.3 is 5.97 Å². The maximum absolute atomic E-state index is 12.0. The van der Waals surface area contributed by atoms with Gasteiger partial charge in [0.1, 0.15) is 17.7 Å². The topological polar surface area (TPSA) is 77.1 Å². The molecule has 0 unspecified atom stereocenters. The Morgan fingerprint density at radius 2 is 2.17 bits per heavy atom. The molecule has 6 heteroatoms. The monoisotopic (exact) mass is 325 g/mol. The third kappa shape index (κ3) is 5.07. The molecule has 0 N–H and O–H groups in total. The van der Waals surface area contributed by atoms with Crippen molar-refractivity contribution in [3.8, 4) is 6.07 Å². The van der Waals surface area contributed by atoms with Gasteiger partial charge in [0.2, 0.25) is 0 Å². The molecule has 0 aliphatic carbocycles. The van der Waals surface area contributed by atoms with Crippen LogP contribution in [0, 0.1) is 11.3 Å². The molecule has 0 radical (unpaired) electrons. The largest absolute Gasteiger partial charge is 0.456 e. The Labute approximate surface area is 140 Å². The normalized spacial score (nSPS) is 12.5. The third-order valence-electron chi connectivity index (χ3n) is 3.20. The van der Waals surface area contributed by atoms with Crippen LogP contribution in [0.3, 0.4) is 0 Å². The molecule has 0 fully saturated rings. The van der Waals surface area contributed by atoms with Crippen LogP contribution < -0.4 is 0 Å². The van der Waals surface area contributed by atoms with E-state index in [2.05, 4.69) is 5.10 Å². The zero-order chi connectivity index (χ0) is 17.4. The lowest BCUT2D eigenvalue weighted by atomic mass is 10.2. The Bertz CT molecular complexity index is 744. The number of rotatable bonds is 7. The first-order valence-electron chi connectivity index (χ1n) is 7.50. The third-order valence-corrected chi connectivity index (χ3v) is 3.20. The number of carbonyl (C=O) groups is 1. The number of nitriles is 1. The van der Waals surface area contributed by atoms with Crippen molar-refractivity contribution in [2.24, 2.45) is 0 Å². The molecule has 0 saturated heterocycles. The molecule has 0 aliphatic rings. The van der Waals surface area contributed by atoms with E-state index < -0.39 is 12.1 Å². The van der Waals surface area contributed by atoms with Crippen LogP contribution in [0.2, 0.25) is 0 Å².